The molecule has 1 atom stereocenters. The van der Waals surface area contributed by atoms with E-state index >= 15 is 0 Å². The molecule has 23 heavy (non-hydrogen) atoms. The summed E-state index contributed by atoms with van der Waals surface area (Å²) in [6.07, 6.45) is 0.157. The molecule has 0 saturated heterocycles. The number of carbonyl (C=O) groups is 1. The molecular formula is C18H20BrNO3. The SMILES string of the molecule is CCOC(=O)CC(N)c1ccc(OCc2ccccc2)c(Br)c1. The predicted molar refractivity (Wildman–Crippen MR) is 93.1 cm³/mol. The minimum Gasteiger partial charge on any atom is -0.488 e. The first kappa shape index (κ1) is 17.5. The first-order chi connectivity index (χ1) is 11.1. The van der Waals surface area contributed by atoms with Gasteiger partial charge < -0.3 is 15.2 Å². The summed E-state index contributed by atoms with van der Waals surface area (Å²) >= 11 is 3.49. The van der Waals surface area contributed by atoms with Crippen molar-refractivity contribution in [3.63, 3.8) is 0 Å². The molecule has 0 spiro atoms. The molecule has 5 heteroatoms. The molecule has 2 N–H and O–H groups in total. The molecule has 2 aromatic rings. The second-order valence-electron chi connectivity index (χ2n) is 5.08. The Balaban J connectivity index is 1.98. The summed E-state index contributed by atoms with van der Waals surface area (Å²) in [6.45, 7) is 2.63. The van der Waals surface area contributed by atoms with E-state index in [-0.39, 0.29) is 12.4 Å². The maximum absolute atomic E-state index is 11.5. The highest BCUT2D eigenvalue weighted by Crippen LogP contribution is 2.29. The number of nitrogens with two attached hydrogens (primary N) is 1. The van der Waals surface area contributed by atoms with Crippen LogP contribution in [0.25, 0.3) is 0 Å². The van der Waals surface area contributed by atoms with Gasteiger partial charge in [-0.1, -0.05) is 36.4 Å². The highest BCUT2D eigenvalue weighted by molar-refractivity contribution is 9.10. The van der Waals surface area contributed by atoms with Gasteiger partial charge in [0.05, 0.1) is 17.5 Å². The molecule has 0 fully saturated rings. The Morgan fingerprint density at radius 1 is 1.22 bits per heavy atom. The van der Waals surface area contributed by atoms with E-state index in [1.807, 2.05) is 48.5 Å². The number of benzene rings is 2. The van der Waals surface area contributed by atoms with Gasteiger partial charge in [0.25, 0.3) is 0 Å². The summed E-state index contributed by atoms with van der Waals surface area (Å²) in [4.78, 5) is 11.5. The van der Waals surface area contributed by atoms with Gasteiger partial charge in [-0.2, -0.15) is 0 Å². The zero-order valence-electron chi connectivity index (χ0n) is 13.0. The van der Waals surface area contributed by atoms with Crippen LogP contribution >= 0.6 is 15.9 Å². The lowest BCUT2D eigenvalue weighted by atomic mass is 10.0. The number of halogens is 1. The Labute approximate surface area is 144 Å². The van der Waals surface area contributed by atoms with Gasteiger partial charge in [-0.25, -0.2) is 0 Å². The largest absolute Gasteiger partial charge is 0.488 e. The van der Waals surface area contributed by atoms with Crippen molar-refractivity contribution in [1.82, 2.24) is 0 Å². The maximum Gasteiger partial charge on any atom is 0.307 e. The molecule has 0 aliphatic rings. The lowest BCUT2D eigenvalue weighted by molar-refractivity contribution is -0.143. The average molecular weight is 378 g/mol. The molecular weight excluding hydrogens is 358 g/mol. The molecule has 0 aromatic heterocycles. The Morgan fingerprint density at radius 3 is 2.61 bits per heavy atom. The van der Waals surface area contributed by atoms with Gasteiger partial charge in [-0.3, -0.25) is 4.79 Å². The minimum absolute atomic E-state index is 0.157. The van der Waals surface area contributed by atoms with Gasteiger partial charge in [0.15, 0.2) is 0 Å². The molecule has 0 bridgehead atoms. The van der Waals surface area contributed by atoms with Crippen molar-refractivity contribution in [2.75, 3.05) is 6.61 Å². The van der Waals surface area contributed by atoms with Crippen LogP contribution in [0, 0.1) is 0 Å². The third-order valence-electron chi connectivity index (χ3n) is 3.31. The zero-order valence-corrected chi connectivity index (χ0v) is 14.6. The van der Waals surface area contributed by atoms with Crippen molar-refractivity contribution in [2.24, 2.45) is 5.73 Å². The molecule has 0 aliphatic carbocycles. The van der Waals surface area contributed by atoms with Crippen LogP contribution in [-0.2, 0) is 16.1 Å². The third-order valence-corrected chi connectivity index (χ3v) is 3.93. The van der Waals surface area contributed by atoms with Crippen molar-refractivity contribution in [3.05, 3.63) is 64.1 Å². The van der Waals surface area contributed by atoms with E-state index < -0.39 is 6.04 Å². The second kappa shape index (κ2) is 8.70. The summed E-state index contributed by atoms with van der Waals surface area (Å²) in [5, 5.41) is 0. The molecule has 0 saturated carbocycles. The number of hydrogen-bond acceptors (Lipinski definition) is 4. The second-order valence-corrected chi connectivity index (χ2v) is 5.93. The van der Waals surface area contributed by atoms with Crippen molar-refractivity contribution >= 4 is 21.9 Å². The first-order valence-electron chi connectivity index (χ1n) is 7.47. The predicted octanol–water partition coefficient (Wildman–Crippen LogP) is 3.98. The number of hydrogen-bond donors (Lipinski definition) is 1. The van der Waals surface area contributed by atoms with E-state index in [1.165, 1.54) is 0 Å². The Bertz CT molecular complexity index is 646. The van der Waals surface area contributed by atoms with E-state index in [1.54, 1.807) is 6.92 Å². The average Bonchev–Trinajstić information content (AvgIpc) is 2.54. The highest BCUT2D eigenvalue weighted by Gasteiger charge is 2.14. The van der Waals surface area contributed by atoms with Crippen molar-refractivity contribution in [1.29, 1.82) is 0 Å². The van der Waals surface area contributed by atoms with Gasteiger partial charge >= 0.3 is 5.97 Å². The maximum atomic E-state index is 11.5. The van der Waals surface area contributed by atoms with Crippen molar-refractivity contribution in [3.8, 4) is 5.75 Å². The van der Waals surface area contributed by atoms with Gasteiger partial charge in [-0.05, 0) is 46.1 Å². The monoisotopic (exact) mass is 377 g/mol. The Morgan fingerprint density at radius 2 is 1.96 bits per heavy atom. The van der Waals surface area contributed by atoms with E-state index in [9.17, 15) is 4.79 Å². The smallest absolute Gasteiger partial charge is 0.307 e. The molecule has 0 aliphatic heterocycles. The summed E-state index contributed by atoms with van der Waals surface area (Å²) in [6, 6.07) is 15.2. The number of ether oxygens (including phenoxy) is 2. The lowest BCUT2D eigenvalue weighted by Gasteiger charge is -2.14. The van der Waals surface area contributed by atoms with Gasteiger partial charge in [-0.15, -0.1) is 0 Å². The summed E-state index contributed by atoms with van der Waals surface area (Å²) in [5.74, 6) is 0.446. The van der Waals surface area contributed by atoms with Crippen LogP contribution < -0.4 is 10.5 Å². The van der Waals surface area contributed by atoms with E-state index in [2.05, 4.69) is 15.9 Å². The van der Waals surface area contributed by atoms with Crippen LogP contribution in [-0.4, -0.2) is 12.6 Å². The Kier molecular flexibility index (Phi) is 6.62. The number of esters is 1. The van der Waals surface area contributed by atoms with Crippen LogP contribution in [0.3, 0.4) is 0 Å². The normalized spacial score (nSPS) is 11.8. The number of carbonyl (C=O) groups excluding carboxylic acids is 1. The fraction of sp³-hybridized carbons (Fsp3) is 0.278. The van der Waals surface area contributed by atoms with E-state index in [4.69, 9.17) is 15.2 Å². The Hall–Kier alpha value is -1.85. The van der Waals surface area contributed by atoms with Crippen LogP contribution in [0.2, 0.25) is 0 Å². The molecule has 4 nitrogen and oxygen atoms in total. The van der Waals surface area contributed by atoms with Crippen molar-refractivity contribution < 1.29 is 14.3 Å². The van der Waals surface area contributed by atoms with Crippen LogP contribution in [0.5, 0.6) is 5.75 Å². The van der Waals surface area contributed by atoms with Gasteiger partial charge in [0.1, 0.15) is 12.4 Å². The zero-order chi connectivity index (χ0) is 16.7. The summed E-state index contributed by atoms with van der Waals surface area (Å²) in [7, 11) is 0. The minimum atomic E-state index is -0.395. The van der Waals surface area contributed by atoms with Crippen LogP contribution in [0.4, 0.5) is 0 Å². The summed E-state index contributed by atoms with van der Waals surface area (Å²) in [5.41, 5.74) is 8.01. The first-order valence-corrected chi connectivity index (χ1v) is 8.26. The molecule has 2 aromatic carbocycles. The van der Waals surface area contributed by atoms with Crippen LogP contribution in [0.15, 0.2) is 53.0 Å². The lowest BCUT2D eigenvalue weighted by Crippen LogP contribution is -2.17. The topological polar surface area (TPSA) is 61.5 Å². The van der Waals surface area contributed by atoms with Gasteiger partial charge in [0, 0.05) is 6.04 Å². The standard InChI is InChI=1S/C18H20BrNO3/c1-2-22-18(21)11-16(20)14-8-9-17(15(19)10-14)23-12-13-6-4-3-5-7-13/h3-10,16H,2,11-12,20H2,1H3. The van der Waals surface area contributed by atoms with Crippen LogP contribution in [0.1, 0.15) is 30.5 Å². The highest BCUT2D eigenvalue weighted by atomic mass is 79.9. The molecule has 0 heterocycles. The fourth-order valence-corrected chi connectivity index (χ4v) is 2.63. The molecule has 1 unspecified atom stereocenters. The third kappa shape index (κ3) is 5.37. The van der Waals surface area contributed by atoms with E-state index in [0.717, 1.165) is 21.3 Å². The molecule has 0 amide bonds. The van der Waals surface area contributed by atoms with E-state index in [0.29, 0.717) is 13.2 Å². The number of rotatable bonds is 7. The quantitative estimate of drug-likeness (QED) is 0.741. The summed E-state index contributed by atoms with van der Waals surface area (Å²) < 4.78 is 11.5. The van der Waals surface area contributed by atoms with Gasteiger partial charge in [0.2, 0.25) is 0 Å². The molecule has 0 radical (unpaired) electrons. The fourth-order valence-electron chi connectivity index (χ4n) is 2.12. The van der Waals surface area contributed by atoms with Crippen molar-refractivity contribution in [2.45, 2.75) is 26.0 Å². The molecule has 2 rings (SSSR count). The molecule has 122 valence electrons.